The number of pyridine rings is 1. The molecule has 4 aliphatic rings. The number of aromatic nitrogens is 4. The number of halogens is 4. The molecule has 5 amide bonds. The van der Waals surface area contributed by atoms with Crippen LogP contribution in [0.1, 0.15) is 90.3 Å². The topological polar surface area (TPSA) is 224 Å². The van der Waals surface area contributed by atoms with E-state index in [1.165, 1.54) is 12.3 Å². The van der Waals surface area contributed by atoms with Crippen LogP contribution in [0.15, 0.2) is 65.4 Å². The van der Waals surface area contributed by atoms with Crippen LogP contribution in [0, 0.1) is 12.7 Å². The molecule has 17 nitrogen and oxygen atoms in total. The van der Waals surface area contributed by atoms with Crippen LogP contribution in [0.5, 0.6) is 0 Å². The number of piperidine rings is 3. The Morgan fingerprint density at radius 1 is 0.940 bits per heavy atom. The number of likely N-dealkylation sites (tertiary alicyclic amines) is 1. The Balaban J connectivity index is 0.787. The van der Waals surface area contributed by atoms with Gasteiger partial charge in [0.2, 0.25) is 11.8 Å². The summed E-state index contributed by atoms with van der Waals surface area (Å²) in [6, 6.07) is 11.5. The summed E-state index contributed by atoms with van der Waals surface area (Å²) < 4.78 is 55.6. The summed E-state index contributed by atoms with van der Waals surface area (Å²) in [5.74, 6) is -3.41. The van der Waals surface area contributed by atoms with E-state index in [0.717, 1.165) is 92.3 Å². The quantitative estimate of drug-likeness (QED) is 0.0551. The van der Waals surface area contributed by atoms with Crippen molar-refractivity contribution in [1.82, 2.24) is 40.6 Å². The predicted octanol–water partition coefficient (Wildman–Crippen LogP) is 4.96. The highest BCUT2D eigenvalue weighted by Crippen LogP contribution is 2.39. The van der Waals surface area contributed by atoms with Gasteiger partial charge in [0.25, 0.3) is 17.7 Å². The molecule has 1 atom stereocenters. The maximum absolute atomic E-state index is 15.5. The minimum Gasteiger partial charge on any atom is -0.404 e. The molecule has 1 unspecified atom stereocenters. The van der Waals surface area contributed by atoms with Gasteiger partial charge in [-0.25, -0.2) is 14.4 Å². The van der Waals surface area contributed by atoms with Crippen molar-refractivity contribution < 1.29 is 41.5 Å². The van der Waals surface area contributed by atoms with Gasteiger partial charge in [-0.05, 0) is 100 Å². The zero-order valence-electron chi connectivity index (χ0n) is 37.0. The molecule has 8 rings (SSSR count). The summed E-state index contributed by atoms with van der Waals surface area (Å²) in [6.45, 7) is 6.54. The summed E-state index contributed by atoms with van der Waals surface area (Å²) >= 11 is 0. The number of H-pyrrole nitrogens is 1. The van der Waals surface area contributed by atoms with E-state index in [0.29, 0.717) is 24.8 Å². The van der Waals surface area contributed by atoms with Crippen molar-refractivity contribution >= 4 is 52.9 Å². The molecule has 67 heavy (non-hydrogen) atoms. The number of nitrogens with one attached hydrogen (secondary N) is 4. The van der Waals surface area contributed by atoms with Crippen molar-refractivity contribution in [3.63, 3.8) is 0 Å². The first-order chi connectivity index (χ1) is 31.9. The van der Waals surface area contributed by atoms with Crippen LogP contribution in [0.25, 0.3) is 11.1 Å². The lowest BCUT2D eigenvalue weighted by Gasteiger charge is -2.42. The van der Waals surface area contributed by atoms with Crippen LogP contribution in [0.4, 0.5) is 34.8 Å². The molecule has 2 aromatic carbocycles. The van der Waals surface area contributed by atoms with E-state index in [4.69, 9.17) is 5.73 Å². The Hall–Kier alpha value is -7.03. The molecule has 0 spiro atoms. The first kappa shape index (κ1) is 46.5. The lowest BCUT2D eigenvalue weighted by atomic mass is 9.92. The van der Waals surface area contributed by atoms with Crippen LogP contribution in [0.2, 0.25) is 0 Å². The van der Waals surface area contributed by atoms with Crippen LogP contribution in [0.3, 0.4) is 0 Å². The average Bonchev–Trinajstić information content (AvgIpc) is 3.88. The molecule has 4 aliphatic heterocycles. The number of hydrogen-bond donors (Lipinski definition) is 5. The molecule has 6 N–H and O–H groups in total. The third kappa shape index (κ3) is 9.63. The molecule has 0 aliphatic carbocycles. The van der Waals surface area contributed by atoms with Gasteiger partial charge in [-0.1, -0.05) is 6.07 Å². The Labute approximate surface area is 382 Å². The third-order valence-electron chi connectivity index (χ3n) is 13.0. The van der Waals surface area contributed by atoms with E-state index < -0.39 is 58.8 Å². The number of benzene rings is 2. The molecule has 3 fully saturated rings. The molecule has 3 saturated heterocycles. The third-order valence-corrected chi connectivity index (χ3v) is 13.0. The zero-order chi connectivity index (χ0) is 47.8. The molecule has 4 aromatic rings. The number of nitrogens with two attached hydrogens (primary N) is 1. The fourth-order valence-corrected chi connectivity index (χ4v) is 8.80. The Kier molecular flexibility index (Phi) is 13.0. The molecule has 0 saturated carbocycles. The fourth-order valence-electron chi connectivity index (χ4n) is 8.80. The second kappa shape index (κ2) is 18.7. The summed E-state index contributed by atoms with van der Waals surface area (Å²) in [6.07, 6.45) is 3.09. The summed E-state index contributed by atoms with van der Waals surface area (Å²) in [7, 11) is 0. The second-order valence-electron chi connectivity index (χ2n) is 17.7. The number of aromatic amines is 1. The average molecular weight is 927 g/mol. The molecule has 0 bridgehead atoms. The largest absolute Gasteiger partial charge is 0.404 e. The number of aryl methyl sites for hydroxylation is 1. The van der Waals surface area contributed by atoms with E-state index in [2.05, 4.69) is 46.0 Å². The van der Waals surface area contributed by atoms with Gasteiger partial charge in [0.05, 0.1) is 34.6 Å². The molecule has 6 heterocycles. The van der Waals surface area contributed by atoms with Gasteiger partial charge in [-0.15, -0.1) is 0 Å². The summed E-state index contributed by atoms with van der Waals surface area (Å²) in [4.78, 5) is 81.6. The van der Waals surface area contributed by atoms with E-state index in [-0.39, 0.29) is 53.6 Å². The summed E-state index contributed by atoms with van der Waals surface area (Å²) in [5, 5.41) is 14.4. The van der Waals surface area contributed by atoms with E-state index in [9.17, 15) is 37.1 Å². The monoisotopic (exact) mass is 926 g/mol. The van der Waals surface area contributed by atoms with Gasteiger partial charge in [0, 0.05) is 68.9 Å². The minimum absolute atomic E-state index is 0.00235. The lowest BCUT2D eigenvalue weighted by Crippen LogP contribution is -2.54. The van der Waals surface area contributed by atoms with Crippen LogP contribution >= 0.6 is 0 Å². The number of carbonyl (C=O) groups is 5. The summed E-state index contributed by atoms with van der Waals surface area (Å²) in [5.41, 5.74) is 6.94. The standard InChI is InChI=1S/C46H50F4N12O5/c1-25-18-26(4-6-34(25)52-23-28(21-51)40(64)54-24-38-56-44(59-58-38)45(2,3)46(48,49)50)27-5-8-37(53-22-27)55-29-10-14-60(15-11-29)30-12-16-61(17-13-30)36-20-32-31(19-33(36)47)42(66)62(43(32)67)35-7-9-39(63)57-41(35)65/h4-6,8,18-23,29-30,35H,7,9-17,24,51H2,1-3H3,(H,53,55)(H,54,64)(H,56,58,59)(H,57,63,65)/b28-21+,52-23?. The normalized spacial score (nSPS) is 19.3. The van der Waals surface area contributed by atoms with Gasteiger partial charge in [-0.2, -0.15) is 18.3 Å². The fraction of sp³-hybridized carbons (Fsp3) is 0.413. The number of imide groups is 2. The number of nitrogens with zero attached hydrogens (tertiary/aromatic N) is 7. The number of fused-ring (bicyclic) bond motifs is 1. The number of alkyl halides is 3. The minimum atomic E-state index is -4.56. The number of rotatable bonds is 12. The van der Waals surface area contributed by atoms with Crippen LogP contribution in [-0.2, 0) is 26.3 Å². The highest BCUT2D eigenvalue weighted by Gasteiger charge is 2.51. The van der Waals surface area contributed by atoms with Gasteiger partial charge < -0.3 is 26.2 Å². The molecule has 0 radical (unpaired) electrons. The van der Waals surface area contributed by atoms with Crippen LogP contribution < -0.4 is 26.6 Å². The highest BCUT2D eigenvalue weighted by molar-refractivity contribution is 6.23. The smallest absolute Gasteiger partial charge is 0.401 e. The van der Waals surface area contributed by atoms with E-state index in [1.54, 1.807) is 6.20 Å². The first-order valence-corrected chi connectivity index (χ1v) is 22.0. The van der Waals surface area contributed by atoms with Crippen molar-refractivity contribution in [2.24, 2.45) is 10.7 Å². The van der Waals surface area contributed by atoms with Gasteiger partial charge in [-0.3, -0.25) is 44.3 Å². The van der Waals surface area contributed by atoms with Crippen molar-refractivity contribution in [2.45, 2.75) is 95.6 Å². The predicted molar refractivity (Wildman–Crippen MR) is 239 cm³/mol. The van der Waals surface area contributed by atoms with Gasteiger partial charge >= 0.3 is 6.18 Å². The van der Waals surface area contributed by atoms with Gasteiger partial charge in [0.15, 0.2) is 5.82 Å². The van der Waals surface area contributed by atoms with Crippen molar-refractivity contribution in [3.8, 4) is 11.1 Å². The Morgan fingerprint density at radius 3 is 2.28 bits per heavy atom. The van der Waals surface area contributed by atoms with Crippen molar-refractivity contribution in [1.29, 1.82) is 0 Å². The number of amides is 5. The molecular formula is C46H50F4N12O5. The molecule has 2 aromatic heterocycles. The molecule has 352 valence electrons. The SMILES string of the molecule is Cc1cc(-c2ccc(NC3CCN(C4CCN(c5cc6c(cc5F)C(=O)N(C5CCC(=O)NC5=O)C6=O)CC4)CC3)nc2)ccc1N=C/C(=C\N)C(=O)NCc1nc(C(C)(C)C(F)(F)F)n[nH]1. The first-order valence-electron chi connectivity index (χ1n) is 22.0. The lowest BCUT2D eigenvalue weighted by molar-refractivity contribution is -0.182. The second-order valence-corrected chi connectivity index (χ2v) is 17.7. The number of aliphatic imine (C=N–C) groups is 1. The maximum atomic E-state index is 15.5. The van der Waals surface area contributed by atoms with E-state index in [1.807, 2.05) is 42.2 Å². The highest BCUT2D eigenvalue weighted by atomic mass is 19.4. The maximum Gasteiger partial charge on any atom is 0.401 e. The molecule has 21 heteroatoms. The zero-order valence-corrected chi connectivity index (χ0v) is 37.0. The number of anilines is 2. The Bertz CT molecular complexity index is 2650. The van der Waals surface area contributed by atoms with Crippen molar-refractivity contribution in [2.75, 3.05) is 36.4 Å². The molecular weight excluding hydrogens is 877 g/mol. The Morgan fingerprint density at radius 2 is 1.64 bits per heavy atom. The van der Waals surface area contributed by atoms with Crippen molar-refractivity contribution in [3.05, 3.63) is 94.6 Å². The number of hydrogen-bond acceptors (Lipinski definition) is 13. The van der Waals surface area contributed by atoms with E-state index >= 15 is 4.39 Å². The van der Waals surface area contributed by atoms with Gasteiger partial charge in [0.1, 0.15) is 28.9 Å². The van der Waals surface area contributed by atoms with Crippen LogP contribution in [-0.4, -0.2) is 116 Å². The number of carbonyl (C=O) groups excluding carboxylic acids is 5.